The summed E-state index contributed by atoms with van der Waals surface area (Å²) in [4.78, 5) is 14.3. The van der Waals surface area contributed by atoms with Crippen molar-refractivity contribution in [2.75, 3.05) is 4.90 Å². The van der Waals surface area contributed by atoms with Crippen molar-refractivity contribution in [2.45, 2.75) is 38.3 Å². The SMILES string of the molecule is Cc1cccc(C2C(C#N)=C(N)N(c3ccccc3C(F)(F)F)C3=C2C(=O)CCC3)c1. The molecule has 4 rings (SSSR count). The van der Waals surface area contributed by atoms with Crippen molar-refractivity contribution in [3.63, 3.8) is 0 Å². The fourth-order valence-electron chi connectivity index (χ4n) is 4.45. The lowest BCUT2D eigenvalue weighted by Crippen LogP contribution is -2.39. The summed E-state index contributed by atoms with van der Waals surface area (Å²) in [7, 11) is 0. The summed E-state index contributed by atoms with van der Waals surface area (Å²) < 4.78 is 41.3. The van der Waals surface area contributed by atoms with E-state index in [0.29, 0.717) is 24.1 Å². The number of aryl methyl sites for hydroxylation is 1. The Hall–Kier alpha value is -3.53. The fraction of sp³-hybridized carbons (Fsp3) is 0.250. The van der Waals surface area contributed by atoms with Crippen LogP contribution in [0.4, 0.5) is 18.9 Å². The number of benzene rings is 2. The highest BCUT2D eigenvalue weighted by atomic mass is 19.4. The van der Waals surface area contributed by atoms with Crippen LogP contribution in [-0.2, 0) is 11.0 Å². The molecule has 0 spiro atoms. The van der Waals surface area contributed by atoms with E-state index in [1.807, 2.05) is 31.2 Å². The van der Waals surface area contributed by atoms with Crippen LogP contribution in [0.2, 0.25) is 0 Å². The third-order valence-electron chi connectivity index (χ3n) is 5.74. The Balaban J connectivity index is 2.01. The molecular formula is C24H20F3N3O. The van der Waals surface area contributed by atoms with Gasteiger partial charge in [0.1, 0.15) is 5.82 Å². The first-order valence-corrected chi connectivity index (χ1v) is 9.93. The first-order chi connectivity index (χ1) is 14.7. The number of carbonyl (C=O) groups is 1. The minimum atomic E-state index is -4.61. The monoisotopic (exact) mass is 423 g/mol. The molecule has 2 aromatic carbocycles. The van der Waals surface area contributed by atoms with Crippen LogP contribution in [0.1, 0.15) is 41.9 Å². The zero-order valence-corrected chi connectivity index (χ0v) is 16.8. The van der Waals surface area contributed by atoms with Crippen molar-refractivity contribution < 1.29 is 18.0 Å². The number of alkyl halides is 3. The number of carbonyl (C=O) groups excluding carboxylic acids is 1. The molecule has 0 saturated carbocycles. The van der Waals surface area contributed by atoms with Crippen molar-refractivity contribution in [3.05, 3.63) is 87.9 Å². The summed E-state index contributed by atoms with van der Waals surface area (Å²) in [5.41, 5.74) is 7.88. The maximum Gasteiger partial charge on any atom is 0.418 e. The number of halogens is 3. The van der Waals surface area contributed by atoms with Gasteiger partial charge in [-0.15, -0.1) is 0 Å². The first kappa shape index (κ1) is 20.7. The first-order valence-electron chi connectivity index (χ1n) is 9.93. The number of Topliss-reactive ketones (excluding diaryl/α,β-unsaturated/α-hetero) is 1. The van der Waals surface area contributed by atoms with E-state index < -0.39 is 17.7 Å². The van der Waals surface area contributed by atoms with Crippen LogP contribution in [0, 0.1) is 18.3 Å². The smallest absolute Gasteiger partial charge is 0.384 e. The lowest BCUT2D eigenvalue weighted by atomic mass is 9.75. The summed E-state index contributed by atoms with van der Waals surface area (Å²) in [6.07, 6.45) is -3.42. The number of nitrogens with zero attached hydrogens (tertiary/aromatic N) is 2. The molecular weight excluding hydrogens is 403 g/mol. The number of rotatable bonds is 2. The number of nitrogens with two attached hydrogens (primary N) is 1. The van der Waals surface area contributed by atoms with Crippen LogP contribution in [0.25, 0.3) is 0 Å². The highest BCUT2D eigenvalue weighted by Crippen LogP contribution is 2.48. The normalized spacial score (nSPS) is 19.4. The van der Waals surface area contributed by atoms with Gasteiger partial charge in [0.15, 0.2) is 5.78 Å². The quantitative estimate of drug-likeness (QED) is 0.710. The third-order valence-corrected chi connectivity index (χ3v) is 5.74. The van der Waals surface area contributed by atoms with Gasteiger partial charge in [-0.05, 0) is 37.5 Å². The topological polar surface area (TPSA) is 70.1 Å². The van der Waals surface area contributed by atoms with Crippen molar-refractivity contribution in [3.8, 4) is 6.07 Å². The van der Waals surface area contributed by atoms with Gasteiger partial charge in [0.2, 0.25) is 0 Å². The van der Waals surface area contributed by atoms with Crippen molar-refractivity contribution in [2.24, 2.45) is 5.73 Å². The van der Waals surface area contributed by atoms with Crippen LogP contribution in [0.3, 0.4) is 0 Å². The summed E-state index contributed by atoms with van der Waals surface area (Å²) >= 11 is 0. The number of hydrogen-bond acceptors (Lipinski definition) is 4. The molecule has 0 radical (unpaired) electrons. The van der Waals surface area contributed by atoms with Crippen LogP contribution in [0.5, 0.6) is 0 Å². The molecule has 2 aromatic rings. The molecule has 31 heavy (non-hydrogen) atoms. The van der Waals surface area contributed by atoms with E-state index in [1.54, 1.807) is 0 Å². The predicted molar refractivity (Wildman–Crippen MR) is 111 cm³/mol. The Bertz CT molecular complexity index is 1170. The lowest BCUT2D eigenvalue weighted by Gasteiger charge is -2.40. The molecule has 7 heteroatoms. The van der Waals surface area contributed by atoms with E-state index in [1.165, 1.54) is 23.1 Å². The van der Waals surface area contributed by atoms with Crippen LogP contribution in [0.15, 0.2) is 71.2 Å². The summed E-state index contributed by atoms with van der Waals surface area (Å²) in [6.45, 7) is 1.90. The van der Waals surface area contributed by atoms with Crippen LogP contribution in [-0.4, -0.2) is 5.78 Å². The van der Waals surface area contributed by atoms with Crippen molar-refractivity contribution in [1.82, 2.24) is 0 Å². The molecule has 158 valence electrons. The maximum absolute atomic E-state index is 13.8. The molecule has 0 aromatic heterocycles. The zero-order valence-electron chi connectivity index (χ0n) is 16.8. The number of nitriles is 1. The highest BCUT2D eigenvalue weighted by molar-refractivity contribution is 6.01. The molecule has 0 fully saturated rings. The Kier molecular flexibility index (Phi) is 5.10. The molecule has 1 aliphatic heterocycles. The number of para-hydroxylation sites is 1. The summed E-state index contributed by atoms with van der Waals surface area (Å²) in [5.74, 6) is -0.927. The molecule has 1 unspecified atom stereocenters. The molecule has 1 aliphatic carbocycles. The van der Waals surface area contributed by atoms with Gasteiger partial charge in [0.25, 0.3) is 0 Å². The van der Waals surface area contributed by atoms with Gasteiger partial charge in [-0.3, -0.25) is 9.69 Å². The van der Waals surface area contributed by atoms with Crippen LogP contribution >= 0.6 is 0 Å². The number of anilines is 1. The average molecular weight is 423 g/mol. The Morgan fingerprint density at radius 2 is 1.87 bits per heavy atom. The largest absolute Gasteiger partial charge is 0.418 e. The van der Waals surface area contributed by atoms with E-state index in [9.17, 15) is 23.2 Å². The second kappa shape index (κ2) is 7.62. The minimum absolute atomic E-state index is 0.0702. The summed E-state index contributed by atoms with van der Waals surface area (Å²) in [5, 5.41) is 9.96. The van der Waals surface area contributed by atoms with Gasteiger partial charge >= 0.3 is 6.18 Å². The maximum atomic E-state index is 13.8. The Morgan fingerprint density at radius 1 is 1.13 bits per heavy atom. The van der Waals surface area contributed by atoms with Crippen LogP contribution < -0.4 is 10.6 Å². The Morgan fingerprint density at radius 3 is 2.55 bits per heavy atom. The average Bonchev–Trinajstić information content (AvgIpc) is 2.72. The molecule has 2 N–H and O–H groups in total. The molecule has 0 amide bonds. The number of ketones is 1. The van der Waals surface area contributed by atoms with E-state index in [4.69, 9.17) is 5.73 Å². The fourth-order valence-corrected chi connectivity index (χ4v) is 4.45. The number of allylic oxidation sites excluding steroid dienone is 3. The molecule has 4 nitrogen and oxygen atoms in total. The van der Waals surface area contributed by atoms with Crippen molar-refractivity contribution >= 4 is 11.5 Å². The Labute approximate surface area is 178 Å². The lowest BCUT2D eigenvalue weighted by molar-refractivity contribution is -0.137. The van der Waals surface area contributed by atoms with E-state index in [0.717, 1.165) is 17.2 Å². The third kappa shape index (κ3) is 3.48. The van der Waals surface area contributed by atoms with Gasteiger partial charge in [0.05, 0.1) is 28.8 Å². The highest BCUT2D eigenvalue weighted by Gasteiger charge is 2.43. The molecule has 0 bridgehead atoms. The van der Waals surface area contributed by atoms with Gasteiger partial charge < -0.3 is 5.73 Å². The molecule has 2 aliphatic rings. The zero-order chi connectivity index (χ0) is 22.3. The molecule has 1 atom stereocenters. The van der Waals surface area contributed by atoms with Gasteiger partial charge in [-0.25, -0.2) is 0 Å². The van der Waals surface area contributed by atoms with Gasteiger partial charge in [-0.1, -0.05) is 42.0 Å². The second-order valence-electron chi connectivity index (χ2n) is 7.75. The van der Waals surface area contributed by atoms with E-state index >= 15 is 0 Å². The van der Waals surface area contributed by atoms with Gasteiger partial charge in [0, 0.05) is 17.7 Å². The standard InChI is InChI=1S/C24H20F3N3O/c1-14-6-4-7-15(12-14)21-16(13-28)23(29)30(19-10-5-11-20(31)22(19)21)18-9-3-2-8-17(18)24(25,26)27/h2-4,6-9,12,21H,5,10-11,29H2,1H3. The second-order valence-corrected chi connectivity index (χ2v) is 7.75. The van der Waals surface area contributed by atoms with E-state index in [2.05, 4.69) is 6.07 Å². The molecule has 1 heterocycles. The number of hydrogen-bond donors (Lipinski definition) is 1. The minimum Gasteiger partial charge on any atom is -0.384 e. The van der Waals surface area contributed by atoms with E-state index in [-0.39, 0.29) is 29.3 Å². The molecule has 0 saturated heterocycles. The van der Waals surface area contributed by atoms with Gasteiger partial charge in [-0.2, -0.15) is 18.4 Å². The summed E-state index contributed by atoms with van der Waals surface area (Å²) in [6, 6.07) is 14.6. The van der Waals surface area contributed by atoms with Crippen molar-refractivity contribution in [1.29, 1.82) is 5.26 Å². The predicted octanol–water partition coefficient (Wildman–Crippen LogP) is 5.32.